The number of methoxy groups -OCH3 is 1. The van der Waals surface area contributed by atoms with Gasteiger partial charge in [-0.15, -0.1) is 0 Å². The Morgan fingerprint density at radius 2 is 1.94 bits per heavy atom. The molecule has 1 aliphatic rings. The van der Waals surface area contributed by atoms with Gasteiger partial charge in [0.25, 0.3) is 0 Å². The first-order chi connectivity index (χ1) is 7.78. The fourth-order valence-electron chi connectivity index (χ4n) is 2.57. The largest absolute Gasteiger partial charge is 0.466 e. The molecular weight excluding hydrogens is 220 g/mol. The Kier molecular flexibility index (Phi) is 3.55. The van der Waals surface area contributed by atoms with Gasteiger partial charge in [-0.05, 0) is 18.8 Å². The van der Waals surface area contributed by atoms with Crippen LogP contribution in [0.25, 0.3) is 0 Å². The summed E-state index contributed by atoms with van der Waals surface area (Å²) in [6, 6.07) is 0. The van der Waals surface area contributed by atoms with Crippen LogP contribution in [0, 0.1) is 10.8 Å². The van der Waals surface area contributed by atoms with Gasteiger partial charge in [0.05, 0.1) is 7.11 Å². The minimum absolute atomic E-state index is 0.116. The highest BCUT2D eigenvalue weighted by Gasteiger charge is 2.56. The zero-order valence-electron chi connectivity index (χ0n) is 10.7. The van der Waals surface area contributed by atoms with Crippen molar-refractivity contribution < 1.29 is 19.1 Å². The Morgan fingerprint density at radius 1 is 1.35 bits per heavy atom. The number of rotatable bonds is 3. The van der Waals surface area contributed by atoms with Crippen molar-refractivity contribution in [1.29, 1.82) is 0 Å². The summed E-state index contributed by atoms with van der Waals surface area (Å²) in [5.74, 6) is -0.888. The van der Waals surface area contributed by atoms with Gasteiger partial charge in [0.2, 0.25) is 0 Å². The second-order valence-corrected chi connectivity index (χ2v) is 5.03. The highest BCUT2D eigenvalue weighted by atomic mass is 16.5. The second-order valence-electron chi connectivity index (χ2n) is 5.03. The Hall–Kier alpha value is -1.45. The zero-order chi connectivity index (χ0) is 13.3. The van der Waals surface area contributed by atoms with Crippen LogP contribution < -0.4 is 0 Å². The third-order valence-electron chi connectivity index (χ3n) is 3.71. The molecule has 94 valence electrons. The van der Waals surface area contributed by atoms with E-state index in [0.29, 0.717) is 12.8 Å². The first kappa shape index (κ1) is 13.6. The molecule has 1 atom stereocenters. The normalized spacial score (nSPS) is 27.4. The van der Waals surface area contributed by atoms with Gasteiger partial charge in [-0.1, -0.05) is 19.9 Å². The Labute approximate surface area is 101 Å². The number of ketones is 2. The van der Waals surface area contributed by atoms with Gasteiger partial charge in [-0.25, -0.2) is 4.79 Å². The third-order valence-corrected chi connectivity index (χ3v) is 3.71. The van der Waals surface area contributed by atoms with Gasteiger partial charge < -0.3 is 4.74 Å². The second kappa shape index (κ2) is 4.43. The fraction of sp³-hybridized carbons (Fsp3) is 0.615. The summed E-state index contributed by atoms with van der Waals surface area (Å²) < 4.78 is 4.49. The number of allylic oxidation sites excluding steroid dienone is 1. The number of hydrogen-bond donors (Lipinski definition) is 0. The van der Waals surface area contributed by atoms with Crippen LogP contribution in [0.2, 0.25) is 0 Å². The fourth-order valence-corrected chi connectivity index (χ4v) is 2.57. The number of hydrogen-bond acceptors (Lipinski definition) is 4. The average Bonchev–Trinajstić information content (AvgIpc) is 2.48. The van der Waals surface area contributed by atoms with Crippen LogP contribution in [0.15, 0.2) is 12.2 Å². The molecule has 0 amide bonds. The number of esters is 1. The van der Waals surface area contributed by atoms with E-state index in [1.165, 1.54) is 26.2 Å². The molecule has 1 saturated carbocycles. The lowest BCUT2D eigenvalue weighted by Gasteiger charge is -2.35. The van der Waals surface area contributed by atoms with Crippen molar-refractivity contribution in [3.8, 4) is 0 Å². The first-order valence-corrected chi connectivity index (χ1v) is 5.59. The van der Waals surface area contributed by atoms with E-state index in [4.69, 9.17) is 0 Å². The summed E-state index contributed by atoms with van der Waals surface area (Å²) in [6.07, 6.45) is 3.61. The highest BCUT2D eigenvalue weighted by Crippen LogP contribution is 2.51. The monoisotopic (exact) mass is 238 g/mol. The van der Waals surface area contributed by atoms with Crippen molar-refractivity contribution >= 4 is 17.5 Å². The molecule has 0 spiro atoms. The number of carbonyl (C=O) groups is 3. The Balaban J connectivity index is 3.23. The molecule has 1 rings (SSSR count). The molecule has 0 heterocycles. The van der Waals surface area contributed by atoms with E-state index < -0.39 is 16.8 Å². The van der Waals surface area contributed by atoms with Crippen LogP contribution >= 0.6 is 0 Å². The molecular formula is C13H18O4. The standard InChI is InChI=1S/C13H18O4/c1-9(14)13(8-6-11(16)17-4)10(15)5-7-12(13,2)3/h6,8H,5,7H2,1-4H3/b8-6+. The van der Waals surface area contributed by atoms with Gasteiger partial charge in [-0.2, -0.15) is 0 Å². The molecule has 1 unspecified atom stereocenters. The zero-order valence-corrected chi connectivity index (χ0v) is 10.7. The number of Topliss-reactive ketones (excluding diaryl/α,β-unsaturated/α-hetero) is 2. The topological polar surface area (TPSA) is 60.4 Å². The molecule has 17 heavy (non-hydrogen) atoms. The summed E-state index contributed by atoms with van der Waals surface area (Å²) in [7, 11) is 1.26. The Morgan fingerprint density at radius 3 is 2.29 bits per heavy atom. The molecule has 0 bridgehead atoms. The van der Waals surface area contributed by atoms with E-state index >= 15 is 0 Å². The highest BCUT2D eigenvalue weighted by molar-refractivity contribution is 6.11. The van der Waals surface area contributed by atoms with E-state index in [1.807, 2.05) is 13.8 Å². The maximum Gasteiger partial charge on any atom is 0.330 e. The lowest BCUT2D eigenvalue weighted by Crippen LogP contribution is -2.42. The predicted octanol–water partition coefficient (Wildman–Crippen LogP) is 1.68. The SMILES string of the molecule is COC(=O)/C=C/C1(C(C)=O)C(=O)CCC1(C)C. The van der Waals surface area contributed by atoms with Crippen molar-refractivity contribution in [2.45, 2.75) is 33.6 Å². The van der Waals surface area contributed by atoms with Crippen molar-refractivity contribution in [3.63, 3.8) is 0 Å². The summed E-state index contributed by atoms with van der Waals surface area (Å²) in [6.45, 7) is 5.15. The van der Waals surface area contributed by atoms with Gasteiger partial charge in [0, 0.05) is 12.5 Å². The van der Waals surface area contributed by atoms with Gasteiger partial charge in [-0.3, -0.25) is 9.59 Å². The predicted molar refractivity (Wildman–Crippen MR) is 62.3 cm³/mol. The number of ether oxygens (including phenoxy) is 1. The lowest BCUT2D eigenvalue weighted by molar-refractivity contribution is -0.138. The Bertz CT molecular complexity index is 392. The summed E-state index contributed by atoms with van der Waals surface area (Å²) in [5, 5.41) is 0. The van der Waals surface area contributed by atoms with E-state index in [2.05, 4.69) is 4.74 Å². The smallest absolute Gasteiger partial charge is 0.330 e. The molecule has 4 heteroatoms. The molecule has 1 aliphatic carbocycles. The summed E-state index contributed by atoms with van der Waals surface area (Å²) in [5.41, 5.74) is -1.64. The van der Waals surface area contributed by atoms with E-state index in [9.17, 15) is 14.4 Å². The van der Waals surface area contributed by atoms with Crippen LogP contribution in [0.4, 0.5) is 0 Å². The molecule has 0 aromatic heterocycles. The molecule has 0 N–H and O–H groups in total. The first-order valence-electron chi connectivity index (χ1n) is 5.59. The van der Waals surface area contributed by atoms with Crippen LogP contribution in [0.3, 0.4) is 0 Å². The molecule has 0 aromatic rings. The van der Waals surface area contributed by atoms with E-state index in [1.54, 1.807) is 0 Å². The van der Waals surface area contributed by atoms with Gasteiger partial charge in [0.15, 0.2) is 5.78 Å². The molecule has 4 nitrogen and oxygen atoms in total. The summed E-state index contributed by atoms with van der Waals surface area (Å²) in [4.78, 5) is 35.0. The van der Waals surface area contributed by atoms with Crippen molar-refractivity contribution in [3.05, 3.63) is 12.2 Å². The van der Waals surface area contributed by atoms with Crippen molar-refractivity contribution in [1.82, 2.24) is 0 Å². The van der Waals surface area contributed by atoms with Crippen LogP contribution in [0.5, 0.6) is 0 Å². The number of carbonyl (C=O) groups excluding carboxylic acids is 3. The maximum atomic E-state index is 12.0. The molecule has 0 aromatic carbocycles. The minimum Gasteiger partial charge on any atom is -0.466 e. The molecule has 0 aliphatic heterocycles. The van der Waals surface area contributed by atoms with Crippen LogP contribution in [-0.2, 0) is 19.1 Å². The van der Waals surface area contributed by atoms with E-state index in [0.717, 1.165) is 0 Å². The molecule has 1 fully saturated rings. The average molecular weight is 238 g/mol. The van der Waals surface area contributed by atoms with Crippen molar-refractivity contribution in [2.24, 2.45) is 10.8 Å². The van der Waals surface area contributed by atoms with E-state index in [-0.39, 0.29) is 11.6 Å². The van der Waals surface area contributed by atoms with Crippen LogP contribution in [-0.4, -0.2) is 24.6 Å². The lowest BCUT2D eigenvalue weighted by atomic mass is 9.65. The van der Waals surface area contributed by atoms with Gasteiger partial charge in [0.1, 0.15) is 11.2 Å². The maximum absolute atomic E-state index is 12.0. The molecule has 0 saturated heterocycles. The van der Waals surface area contributed by atoms with Gasteiger partial charge >= 0.3 is 5.97 Å². The minimum atomic E-state index is -1.18. The third kappa shape index (κ3) is 2.04. The quantitative estimate of drug-likeness (QED) is 0.426. The summed E-state index contributed by atoms with van der Waals surface area (Å²) >= 11 is 0. The van der Waals surface area contributed by atoms with Crippen molar-refractivity contribution in [2.75, 3.05) is 7.11 Å². The van der Waals surface area contributed by atoms with Crippen LogP contribution in [0.1, 0.15) is 33.6 Å². The molecule has 0 radical (unpaired) electrons.